The van der Waals surface area contributed by atoms with Crippen molar-refractivity contribution in [1.29, 1.82) is 0 Å². The first-order chi connectivity index (χ1) is 10.7. The first-order valence-corrected chi connectivity index (χ1v) is 7.35. The van der Waals surface area contributed by atoms with Gasteiger partial charge in [-0.15, -0.1) is 0 Å². The van der Waals surface area contributed by atoms with E-state index in [-0.39, 0.29) is 0 Å². The van der Waals surface area contributed by atoms with E-state index in [2.05, 4.69) is 62.1 Å². The van der Waals surface area contributed by atoms with Crippen molar-refractivity contribution in [2.24, 2.45) is 0 Å². The van der Waals surface area contributed by atoms with Gasteiger partial charge in [0.05, 0.1) is 5.52 Å². The topological polar surface area (TPSA) is 41.9 Å². The molecule has 4 rings (SSSR count). The monoisotopic (exact) mass is 292 g/mol. The summed E-state index contributed by atoms with van der Waals surface area (Å²) >= 11 is 0. The Morgan fingerprint density at radius 1 is 1.14 bits per heavy atom. The van der Waals surface area contributed by atoms with Gasteiger partial charge in [0.15, 0.2) is 12.7 Å². The number of nitrogens with zero attached hydrogens (tertiary/aromatic N) is 1. The summed E-state index contributed by atoms with van der Waals surface area (Å²) in [5.41, 5.74) is 7.94. The van der Waals surface area contributed by atoms with Crippen LogP contribution in [0.15, 0.2) is 30.5 Å². The molecule has 1 aliphatic rings. The van der Waals surface area contributed by atoms with Crippen LogP contribution >= 0.6 is 0 Å². The summed E-state index contributed by atoms with van der Waals surface area (Å²) in [6.07, 6.45) is 4.24. The normalized spacial score (nSPS) is 13.2. The summed E-state index contributed by atoms with van der Waals surface area (Å²) in [6.45, 7) is 9.36. The van der Waals surface area contributed by atoms with Gasteiger partial charge in [0, 0.05) is 27.9 Å². The number of rotatable bonds is 0. The van der Waals surface area contributed by atoms with Gasteiger partial charge >= 0.3 is 0 Å². The smallest absolute Gasteiger partial charge is 0.174 e. The molecule has 0 radical (unpaired) electrons. The molecule has 2 aromatic carbocycles. The van der Waals surface area contributed by atoms with E-state index < -0.39 is 0 Å². The van der Waals surface area contributed by atoms with Crippen molar-refractivity contribution < 1.29 is 9.68 Å². The van der Waals surface area contributed by atoms with Gasteiger partial charge in [-0.1, -0.05) is 18.2 Å². The molecule has 0 atom stereocenters. The first kappa shape index (κ1) is 14.5. The van der Waals surface area contributed by atoms with Crippen LogP contribution in [0, 0.1) is 13.8 Å². The van der Waals surface area contributed by atoms with Crippen LogP contribution < -0.4 is 5.11 Å². The minimum Gasteiger partial charge on any atom is -0.857 e. The van der Waals surface area contributed by atoms with Crippen molar-refractivity contribution in [3.05, 3.63) is 52.7 Å². The Morgan fingerprint density at radius 2 is 1.86 bits per heavy atom. The summed E-state index contributed by atoms with van der Waals surface area (Å²) in [7, 11) is 0.750. The molecule has 1 aliphatic heterocycles. The third-order valence-corrected chi connectivity index (χ3v) is 4.45. The van der Waals surface area contributed by atoms with E-state index in [1.54, 1.807) is 0 Å². The van der Waals surface area contributed by atoms with Gasteiger partial charge in [0.25, 0.3) is 0 Å². The van der Waals surface area contributed by atoms with Crippen molar-refractivity contribution >= 4 is 34.6 Å². The summed E-state index contributed by atoms with van der Waals surface area (Å²) < 4.78 is 2.00. The SMILES string of the molecule is C=[N+]1C=Cc2c(c(C)c3c([nH]c4ccccc43)c2C)C1.C[O-]. The molecule has 3 heteroatoms. The molecule has 1 aromatic heterocycles. The van der Waals surface area contributed by atoms with Crippen LogP contribution in [0.3, 0.4) is 0 Å². The highest BCUT2D eigenvalue weighted by atomic mass is 16.2. The number of fused-ring (bicyclic) bond motifs is 4. The molecule has 0 fully saturated rings. The molecule has 0 saturated carbocycles. The molecule has 112 valence electrons. The fourth-order valence-corrected chi connectivity index (χ4v) is 3.39. The van der Waals surface area contributed by atoms with Crippen molar-refractivity contribution in [1.82, 2.24) is 4.98 Å². The average molecular weight is 292 g/mol. The fourth-order valence-electron chi connectivity index (χ4n) is 3.39. The number of nitrogens with one attached hydrogen (secondary N) is 1. The highest BCUT2D eigenvalue weighted by Crippen LogP contribution is 2.36. The summed E-state index contributed by atoms with van der Waals surface area (Å²) in [5.74, 6) is 0. The highest BCUT2D eigenvalue weighted by Gasteiger charge is 2.21. The van der Waals surface area contributed by atoms with Crippen LogP contribution in [-0.2, 0) is 6.54 Å². The Hall–Kier alpha value is -2.39. The predicted molar refractivity (Wildman–Crippen MR) is 91.3 cm³/mol. The maximum atomic E-state index is 8.25. The molecular formula is C19H20N2O. The van der Waals surface area contributed by atoms with E-state index in [1.807, 2.05) is 4.58 Å². The zero-order valence-electron chi connectivity index (χ0n) is 13.2. The standard InChI is InChI=1S/C18H17N2.CH3O/c1-11-15-10-20(3)9-8-13(15)12(2)18-17(11)14-6-4-5-7-16(14)19-18;1-2/h4-9,19H,3,10H2,1-2H3;1H3/q+1;-1. The number of hydrogen-bond acceptors (Lipinski definition) is 1. The number of aromatic amines is 1. The molecule has 0 aliphatic carbocycles. The predicted octanol–water partition coefficient (Wildman–Crippen LogP) is 3.11. The second kappa shape index (κ2) is 5.43. The second-order valence-electron chi connectivity index (χ2n) is 5.63. The molecule has 3 aromatic rings. The van der Waals surface area contributed by atoms with E-state index >= 15 is 0 Å². The van der Waals surface area contributed by atoms with Crippen molar-refractivity contribution in [3.63, 3.8) is 0 Å². The highest BCUT2D eigenvalue weighted by molar-refractivity contribution is 6.11. The lowest BCUT2D eigenvalue weighted by atomic mass is 9.91. The van der Waals surface area contributed by atoms with Crippen LogP contribution in [0.5, 0.6) is 0 Å². The van der Waals surface area contributed by atoms with Crippen LogP contribution in [0.4, 0.5) is 0 Å². The molecule has 3 nitrogen and oxygen atoms in total. The zero-order chi connectivity index (χ0) is 15.9. The van der Waals surface area contributed by atoms with Crippen LogP contribution in [0.1, 0.15) is 22.3 Å². The Balaban J connectivity index is 0.000000693. The maximum absolute atomic E-state index is 8.25. The number of hydrogen-bond donors (Lipinski definition) is 1. The average Bonchev–Trinajstić information content (AvgIpc) is 2.94. The Morgan fingerprint density at radius 3 is 2.64 bits per heavy atom. The third-order valence-electron chi connectivity index (χ3n) is 4.45. The Labute approximate surface area is 130 Å². The van der Waals surface area contributed by atoms with E-state index in [0.29, 0.717) is 0 Å². The maximum Gasteiger partial charge on any atom is 0.174 e. The molecule has 0 bridgehead atoms. The minimum absolute atomic E-state index is 0.750. The first-order valence-electron chi connectivity index (χ1n) is 7.35. The van der Waals surface area contributed by atoms with Gasteiger partial charge in [0.1, 0.15) is 6.72 Å². The quantitative estimate of drug-likeness (QED) is 0.636. The van der Waals surface area contributed by atoms with Crippen LogP contribution in [-0.4, -0.2) is 23.4 Å². The third kappa shape index (κ3) is 1.97. The van der Waals surface area contributed by atoms with Crippen LogP contribution in [0.2, 0.25) is 0 Å². The molecule has 1 N–H and O–H groups in total. The van der Waals surface area contributed by atoms with Gasteiger partial charge in [-0.2, -0.15) is 7.11 Å². The number of benzene rings is 2. The lowest BCUT2D eigenvalue weighted by Crippen LogP contribution is -2.10. The van der Waals surface area contributed by atoms with Gasteiger partial charge in [-0.3, -0.25) is 0 Å². The summed E-state index contributed by atoms with van der Waals surface area (Å²) in [5, 5.41) is 10.9. The van der Waals surface area contributed by atoms with Crippen molar-refractivity contribution in [2.45, 2.75) is 20.4 Å². The largest absolute Gasteiger partial charge is 0.857 e. The Bertz CT molecular complexity index is 916. The molecule has 22 heavy (non-hydrogen) atoms. The lowest BCUT2D eigenvalue weighted by Gasteiger charge is -2.16. The number of aromatic nitrogens is 1. The molecule has 0 saturated heterocycles. The van der Waals surface area contributed by atoms with Crippen LogP contribution in [0.25, 0.3) is 27.9 Å². The number of aryl methyl sites for hydroxylation is 2. The fraction of sp³-hybridized carbons (Fsp3) is 0.211. The lowest BCUT2D eigenvalue weighted by molar-refractivity contribution is -0.465. The van der Waals surface area contributed by atoms with E-state index in [1.165, 1.54) is 44.1 Å². The number of para-hydroxylation sites is 1. The summed E-state index contributed by atoms with van der Waals surface area (Å²) in [4.78, 5) is 3.59. The zero-order valence-corrected chi connectivity index (χ0v) is 13.2. The molecule has 2 heterocycles. The van der Waals surface area contributed by atoms with Gasteiger partial charge in [0.2, 0.25) is 0 Å². The van der Waals surface area contributed by atoms with E-state index in [4.69, 9.17) is 5.11 Å². The Kier molecular flexibility index (Phi) is 3.59. The van der Waals surface area contributed by atoms with Gasteiger partial charge in [-0.05, 0) is 36.6 Å². The van der Waals surface area contributed by atoms with E-state index in [9.17, 15) is 0 Å². The molecule has 0 unspecified atom stereocenters. The summed E-state index contributed by atoms with van der Waals surface area (Å²) in [6, 6.07) is 8.54. The van der Waals surface area contributed by atoms with Crippen molar-refractivity contribution in [2.75, 3.05) is 7.11 Å². The van der Waals surface area contributed by atoms with Gasteiger partial charge < -0.3 is 10.1 Å². The molecular weight excluding hydrogens is 272 g/mol. The second-order valence-corrected chi connectivity index (χ2v) is 5.63. The van der Waals surface area contributed by atoms with Crippen molar-refractivity contribution in [3.8, 4) is 0 Å². The minimum atomic E-state index is 0.750. The number of H-pyrrole nitrogens is 1. The van der Waals surface area contributed by atoms with Gasteiger partial charge in [-0.25, -0.2) is 4.58 Å². The molecule has 0 amide bonds. The molecule has 0 spiro atoms. The van der Waals surface area contributed by atoms with E-state index in [0.717, 1.165) is 13.7 Å².